The van der Waals surface area contributed by atoms with E-state index in [4.69, 9.17) is 21.1 Å². The van der Waals surface area contributed by atoms with E-state index in [1.54, 1.807) is 29.2 Å². The van der Waals surface area contributed by atoms with Crippen LogP contribution in [0.2, 0.25) is 5.02 Å². The molecule has 0 aliphatic carbocycles. The summed E-state index contributed by atoms with van der Waals surface area (Å²) in [5, 5.41) is 3.58. The van der Waals surface area contributed by atoms with Gasteiger partial charge in [0.25, 0.3) is 0 Å². The summed E-state index contributed by atoms with van der Waals surface area (Å²) in [6, 6.07) is 8.13. The molecule has 1 aromatic heterocycles. The number of anilines is 2. The zero-order chi connectivity index (χ0) is 21.3. The van der Waals surface area contributed by atoms with Crippen LogP contribution in [0.3, 0.4) is 0 Å². The first-order valence-corrected chi connectivity index (χ1v) is 9.49. The zero-order valence-corrected chi connectivity index (χ0v) is 16.8. The lowest BCUT2D eigenvalue weighted by Gasteiger charge is -2.38. The summed E-state index contributed by atoms with van der Waals surface area (Å²) >= 11 is 5.87. The van der Waals surface area contributed by atoms with Crippen molar-refractivity contribution < 1.29 is 18.7 Å². The number of nitrogens with zero attached hydrogens (tertiary/aromatic N) is 3. The van der Waals surface area contributed by atoms with Crippen LogP contribution in [-0.2, 0) is 4.79 Å². The largest absolute Gasteiger partial charge is 0.493 e. The van der Waals surface area contributed by atoms with E-state index in [9.17, 15) is 9.18 Å². The average molecular weight is 429 g/mol. The number of amides is 1. The summed E-state index contributed by atoms with van der Waals surface area (Å²) in [5.74, 6) is 0.659. The second kappa shape index (κ2) is 8.16. The van der Waals surface area contributed by atoms with Crippen LogP contribution in [0.4, 0.5) is 15.9 Å². The fourth-order valence-corrected chi connectivity index (χ4v) is 3.32. The highest BCUT2D eigenvalue weighted by Gasteiger charge is 2.31. The maximum atomic E-state index is 14.3. The fraction of sp³-hybridized carbons (Fsp3) is 0.190. The molecule has 0 radical (unpaired) electrons. The van der Waals surface area contributed by atoms with E-state index in [2.05, 4.69) is 21.9 Å². The van der Waals surface area contributed by atoms with E-state index in [0.29, 0.717) is 41.3 Å². The number of methoxy groups -OCH3 is 1. The van der Waals surface area contributed by atoms with Gasteiger partial charge in [0.05, 0.1) is 36.4 Å². The lowest BCUT2D eigenvalue weighted by Crippen LogP contribution is -2.55. The molecule has 1 aliphatic rings. The predicted molar refractivity (Wildman–Crippen MR) is 112 cm³/mol. The molecule has 2 aromatic carbocycles. The summed E-state index contributed by atoms with van der Waals surface area (Å²) in [6.45, 7) is 4.39. The number of benzene rings is 2. The van der Waals surface area contributed by atoms with Crippen molar-refractivity contribution in [2.75, 3.05) is 25.5 Å². The van der Waals surface area contributed by atoms with Crippen molar-refractivity contribution >= 4 is 39.9 Å². The van der Waals surface area contributed by atoms with Crippen LogP contribution in [-0.4, -0.2) is 47.1 Å². The third-order valence-corrected chi connectivity index (χ3v) is 5.05. The van der Waals surface area contributed by atoms with E-state index in [0.717, 1.165) is 0 Å². The van der Waals surface area contributed by atoms with Crippen LogP contribution in [0.5, 0.6) is 11.5 Å². The SMILES string of the molecule is C=CC(=O)N1CC(Oc2cc3c(Nc4cccc(Cl)c4F)ncnc3cc2OC)C1. The van der Waals surface area contributed by atoms with Crippen LogP contribution in [0.15, 0.2) is 49.3 Å². The van der Waals surface area contributed by atoms with Crippen LogP contribution in [0.1, 0.15) is 0 Å². The van der Waals surface area contributed by atoms with Gasteiger partial charge in [-0.05, 0) is 24.3 Å². The molecule has 3 aromatic rings. The highest BCUT2D eigenvalue weighted by molar-refractivity contribution is 6.31. The molecule has 154 valence electrons. The van der Waals surface area contributed by atoms with Crippen molar-refractivity contribution in [1.29, 1.82) is 0 Å². The van der Waals surface area contributed by atoms with Crippen molar-refractivity contribution in [2.45, 2.75) is 6.10 Å². The smallest absolute Gasteiger partial charge is 0.246 e. The summed E-state index contributed by atoms with van der Waals surface area (Å²) in [5.41, 5.74) is 0.787. The summed E-state index contributed by atoms with van der Waals surface area (Å²) in [4.78, 5) is 21.7. The number of aromatic nitrogens is 2. The molecule has 9 heteroatoms. The normalized spacial score (nSPS) is 13.6. The number of fused-ring (bicyclic) bond motifs is 1. The minimum atomic E-state index is -0.572. The van der Waals surface area contributed by atoms with Crippen LogP contribution >= 0.6 is 11.6 Å². The standard InChI is InChI=1S/C21H18ClFN4O3/c1-3-19(28)27-9-12(10-27)30-18-7-13-16(8-17(18)29-2)24-11-25-21(13)26-15-6-4-5-14(22)20(15)23/h3-8,11-12H,1,9-10H2,2H3,(H,24,25,26). The first-order valence-electron chi connectivity index (χ1n) is 9.12. The molecular formula is C21H18ClFN4O3. The van der Waals surface area contributed by atoms with Gasteiger partial charge in [0.1, 0.15) is 18.2 Å². The fourth-order valence-electron chi connectivity index (χ4n) is 3.14. The Balaban J connectivity index is 1.65. The van der Waals surface area contributed by atoms with Crippen LogP contribution in [0, 0.1) is 5.82 Å². The number of halogens is 2. The Morgan fingerprint density at radius 2 is 2.13 bits per heavy atom. The van der Waals surface area contributed by atoms with E-state index in [-0.39, 0.29) is 22.7 Å². The van der Waals surface area contributed by atoms with Gasteiger partial charge in [0, 0.05) is 11.5 Å². The third kappa shape index (κ3) is 3.73. The maximum Gasteiger partial charge on any atom is 0.246 e. The van der Waals surface area contributed by atoms with E-state index in [1.165, 1.54) is 25.6 Å². The zero-order valence-electron chi connectivity index (χ0n) is 16.1. The Bertz CT molecular complexity index is 1130. The number of nitrogens with one attached hydrogen (secondary N) is 1. The maximum absolute atomic E-state index is 14.3. The van der Waals surface area contributed by atoms with E-state index >= 15 is 0 Å². The minimum Gasteiger partial charge on any atom is -0.493 e. The van der Waals surface area contributed by atoms with Crippen molar-refractivity contribution in [1.82, 2.24) is 14.9 Å². The molecule has 0 bridgehead atoms. The minimum absolute atomic E-state index is 0.00709. The van der Waals surface area contributed by atoms with E-state index < -0.39 is 5.82 Å². The number of likely N-dealkylation sites (tertiary alicyclic amines) is 1. The molecule has 7 nitrogen and oxygen atoms in total. The molecule has 0 unspecified atom stereocenters. The molecule has 0 spiro atoms. The third-order valence-electron chi connectivity index (χ3n) is 4.75. The van der Waals surface area contributed by atoms with Crippen molar-refractivity contribution in [3.05, 3.63) is 60.2 Å². The van der Waals surface area contributed by atoms with Gasteiger partial charge >= 0.3 is 0 Å². The van der Waals surface area contributed by atoms with Gasteiger partial charge < -0.3 is 19.7 Å². The monoisotopic (exact) mass is 428 g/mol. The number of hydrogen-bond acceptors (Lipinski definition) is 6. The number of ether oxygens (including phenoxy) is 2. The summed E-state index contributed by atoms with van der Waals surface area (Å²) < 4.78 is 25.8. The van der Waals surface area contributed by atoms with Gasteiger partial charge in [0.15, 0.2) is 17.3 Å². The number of carbonyl (C=O) groups excluding carboxylic acids is 1. The lowest BCUT2D eigenvalue weighted by atomic mass is 10.1. The average Bonchev–Trinajstić information content (AvgIpc) is 2.72. The highest BCUT2D eigenvalue weighted by Crippen LogP contribution is 2.36. The van der Waals surface area contributed by atoms with Gasteiger partial charge in [-0.3, -0.25) is 4.79 Å². The highest BCUT2D eigenvalue weighted by atomic mass is 35.5. The van der Waals surface area contributed by atoms with Gasteiger partial charge in [-0.25, -0.2) is 14.4 Å². The van der Waals surface area contributed by atoms with Gasteiger partial charge in [0.2, 0.25) is 5.91 Å². The quantitative estimate of drug-likeness (QED) is 0.599. The topological polar surface area (TPSA) is 76.6 Å². The molecule has 4 rings (SSSR count). The van der Waals surface area contributed by atoms with Gasteiger partial charge in [-0.15, -0.1) is 0 Å². The van der Waals surface area contributed by atoms with Gasteiger partial charge in [-0.1, -0.05) is 24.2 Å². The molecule has 2 heterocycles. The van der Waals surface area contributed by atoms with Crippen molar-refractivity contribution in [3.63, 3.8) is 0 Å². The second-order valence-corrected chi connectivity index (χ2v) is 7.06. The Labute approximate surface area is 177 Å². The summed E-state index contributed by atoms with van der Waals surface area (Å²) in [7, 11) is 1.53. The number of hydrogen-bond donors (Lipinski definition) is 1. The molecule has 1 fully saturated rings. The molecule has 1 aliphatic heterocycles. The Hall–Kier alpha value is -3.39. The molecular weight excluding hydrogens is 411 g/mol. The van der Waals surface area contributed by atoms with Crippen LogP contribution in [0.25, 0.3) is 10.9 Å². The van der Waals surface area contributed by atoms with E-state index in [1.807, 2.05) is 0 Å². The number of rotatable bonds is 6. The molecule has 1 amide bonds. The second-order valence-electron chi connectivity index (χ2n) is 6.66. The molecule has 1 N–H and O–H groups in total. The summed E-state index contributed by atoms with van der Waals surface area (Å²) in [6.07, 6.45) is 2.47. The predicted octanol–water partition coefficient (Wildman–Crippen LogP) is 3.95. The lowest BCUT2D eigenvalue weighted by molar-refractivity contribution is -0.134. The Kier molecular flexibility index (Phi) is 5.41. The van der Waals surface area contributed by atoms with Crippen LogP contribution < -0.4 is 14.8 Å². The Morgan fingerprint density at radius 1 is 1.33 bits per heavy atom. The molecule has 30 heavy (non-hydrogen) atoms. The molecule has 0 saturated carbocycles. The first-order chi connectivity index (χ1) is 14.5. The van der Waals surface area contributed by atoms with Gasteiger partial charge in [-0.2, -0.15) is 0 Å². The number of carbonyl (C=O) groups is 1. The Morgan fingerprint density at radius 3 is 2.87 bits per heavy atom. The first kappa shape index (κ1) is 19.9. The molecule has 1 saturated heterocycles. The van der Waals surface area contributed by atoms with Crippen molar-refractivity contribution in [3.8, 4) is 11.5 Å². The van der Waals surface area contributed by atoms with Crippen molar-refractivity contribution in [2.24, 2.45) is 0 Å². The molecule has 0 atom stereocenters.